The molecule has 0 aliphatic heterocycles. The minimum atomic E-state index is 0.519. The summed E-state index contributed by atoms with van der Waals surface area (Å²) in [4.78, 5) is 13.2. The van der Waals surface area contributed by atoms with Crippen LogP contribution in [0.5, 0.6) is 0 Å². The van der Waals surface area contributed by atoms with E-state index in [4.69, 9.17) is 4.42 Å². The maximum absolute atomic E-state index is 5.56. The van der Waals surface area contributed by atoms with Gasteiger partial charge in [0.25, 0.3) is 0 Å². The van der Waals surface area contributed by atoms with Crippen molar-refractivity contribution in [2.24, 2.45) is 0 Å². The van der Waals surface area contributed by atoms with E-state index in [1.165, 1.54) is 25.0 Å². The van der Waals surface area contributed by atoms with E-state index < -0.39 is 0 Å². The third kappa shape index (κ3) is 3.21. The molecule has 136 valence electrons. The van der Waals surface area contributed by atoms with Crippen LogP contribution in [0.25, 0.3) is 11.1 Å². The topological polar surface area (TPSA) is 105 Å². The van der Waals surface area contributed by atoms with Crippen molar-refractivity contribution >= 4 is 28.7 Å². The van der Waals surface area contributed by atoms with Gasteiger partial charge in [0.1, 0.15) is 5.52 Å². The first-order valence-electron chi connectivity index (χ1n) is 9.05. The zero-order valence-electron chi connectivity index (χ0n) is 14.6. The van der Waals surface area contributed by atoms with Crippen molar-refractivity contribution in [1.82, 2.24) is 25.1 Å². The van der Waals surface area contributed by atoms with Crippen LogP contribution in [-0.4, -0.2) is 25.1 Å². The summed E-state index contributed by atoms with van der Waals surface area (Å²) >= 11 is 0. The van der Waals surface area contributed by atoms with Crippen LogP contribution in [0.15, 0.2) is 47.3 Å². The zero-order chi connectivity index (χ0) is 18.1. The normalized spacial score (nSPS) is 14.2. The molecule has 0 radical (unpaired) electrons. The molecular weight excluding hydrogens is 342 g/mol. The third-order valence-electron chi connectivity index (χ3n) is 4.87. The molecule has 1 saturated carbocycles. The van der Waals surface area contributed by atoms with Gasteiger partial charge in [0, 0.05) is 42.7 Å². The van der Waals surface area contributed by atoms with Gasteiger partial charge in [-0.1, -0.05) is 12.5 Å². The Labute approximate surface area is 155 Å². The Balaban J connectivity index is 1.39. The van der Waals surface area contributed by atoms with Crippen molar-refractivity contribution in [3.8, 4) is 0 Å². The molecule has 4 heterocycles. The molecule has 0 saturated heterocycles. The fourth-order valence-electron chi connectivity index (χ4n) is 3.16. The Kier molecular flexibility index (Phi) is 3.93. The molecule has 0 amide bonds. The average Bonchev–Trinajstić information content (AvgIpc) is 3.29. The second-order valence-corrected chi connectivity index (χ2v) is 6.71. The number of hydrogen-bond donors (Lipinski definition) is 3. The number of furan rings is 1. The Bertz CT molecular complexity index is 1050. The largest absolute Gasteiger partial charge is 0.459 e. The number of anilines is 3. The minimum absolute atomic E-state index is 0.519. The lowest BCUT2D eigenvalue weighted by Gasteiger charge is -2.23. The molecule has 0 aromatic carbocycles. The van der Waals surface area contributed by atoms with Gasteiger partial charge < -0.3 is 15.1 Å². The van der Waals surface area contributed by atoms with Crippen LogP contribution in [0.2, 0.25) is 0 Å². The quantitative estimate of drug-likeness (QED) is 0.477. The number of nitrogens with zero attached hydrogens (tertiary/aromatic N) is 4. The third-order valence-corrected chi connectivity index (χ3v) is 4.87. The van der Waals surface area contributed by atoms with Gasteiger partial charge in [0.15, 0.2) is 17.2 Å². The Morgan fingerprint density at radius 2 is 2.19 bits per heavy atom. The molecule has 1 fully saturated rings. The summed E-state index contributed by atoms with van der Waals surface area (Å²) in [7, 11) is 0. The van der Waals surface area contributed by atoms with Gasteiger partial charge in [-0.2, -0.15) is 10.1 Å². The summed E-state index contributed by atoms with van der Waals surface area (Å²) in [6, 6.07) is 7.77. The number of H-pyrrole nitrogens is 1. The van der Waals surface area contributed by atoms with Gasteiger partial charge >= 0.3 is 0 Å². The molecule has 1 aliphatic carbocycles. The summed E-state index contributed by atoms with van der Waals surface area (Å²) in [5.74, 6) is 2.43. The highest BCUT2D eigenvalue weighted by molar-refractivity contribution is 5.86. The number of rotatable bonds is 6. The minimum Gasteiger partial charge on any atom is -0.459 e. The maximum Gasteiger partial charge on any atom is 0.225 e. The van der Waals surface area contributed by atoms with Crippen molar-refractivity contribution in [2.75, 3.05) is 10.6 Å². The monoisotopic (exact) mass is 361 g/mol. The second kappa shape index (κ2) is 6.71. The van der Waals surface area contributed by atoms with Crippen LogP contribution >= 0.6 is 0 Å². The van der Waals surface area contributed by atoms with Crippen LogP contribution in [-0.2, 0) is 6.54 Å². The molecule has 0 unspecified atom stereocenters. The average molecular weight is 361 g/mol. The first-order chi connectivity index (χ1) is 13.3. The Morgan fingerprint density at radius 1 is 1.22 bits per heavy atom. The maximum atomic E-state index is 5.56. The second-order valence-electron chi connectivity index (χ2n) is 6.71. The lowest BCUT2D eigenvalue weighted by atomic mass is 9.83. The lowest BCUT2D eigenvalue weighted by Crippen LogP contribution is -2.08. The van der Waals surface area contributed by atoms with Crippen molar-refractivity contribution in [2.45, 2.75) is 31.7 Å². The molecule has 4 aromatic rings. The summed E-state index contributed by atoms with van der Waals surface area (Å²) < 4.78 is 5.56. The Hall–Kier alpha value is -3.42. The fraction of sp³-hybridized carbons (Fsp3) is 0.263. The smallest absolute Gasteiger partial charge is 0.225 e. The van der Waals surface area contributed by atoms with Gasteiger partial charge in [-0.15, -0.1) is 0 Å². The van der Waals surface area contributed by atoms with Crippen molar-refractivity contribution in [1.29, 1.82) is 0 Å². The summed E-state index contributed by atoms with van der Waals surface area (Å²) in [5, 5.41) is 14.0. The number of pyridine rings is 1. The molecule has 1 aliphatic rings. The van der Waals surface area contributed by atoms with E-state index in [9.17, 15) is 0 Å². The number of aromatic nitrogens is 5. The highest BCUT2D eigenvalue weighted by Crippen LogP contribution is 2.36. The molecule has 5 rings (SSSR count). The van der Waals surface area contributed by atoms with E-state index in [0.29, 0.717) is 29.8 Å². The molecule has 3 N–H and O–H groups in total. The van der Waals surface area contributed by atoms with Gasteiger partial charge in [0.2, 0.25) is 5.95 Å². The number of aromatic amines is 1. The Morgan fingerprint density at radius 3 is 3.00 bits per heavy atom. The number of hydrogen-bond acceptors (Lipinski definition) is 7. The van der Waals surface area contributed by atoms with Gasteiger partial charge in [-0.05, 0) is 24.5 Å². The van der Waals surface area contributed by atoms with Crippen LogP contribution in [0.4, 0.5) is 17.6 Å². The standard InChI is InChI=1S/C19H19N7O/c1-4-13(5-1)15-9-16(26-25-15)23-18-17-14(6-8-27-17)22-19(24-18)21-11-12-3-2-7-20-10-12/h2-3,6-10,13H,1,4-5,11H2,(H3,21,22,23,24,25,26). The molecule has 8 nitrogen and oxygen atoms in total. The van der Waals surface area contributed by atoms with Crippen LogP contribution < -0.4 is 10.6 Å². The number of fused-ring (bicyclic) bond motifs is 1. The van der Waals surface area contributed by atoms with Crippen LogP contribution in [0.3, 0.4) is 0 Å². The first-order valence-corrected chi connectivity index (χ1v) is 9.05. The summed E-state index contributed by atoms with van der Waals surface area (Å²) in [6.45, 7) is 0.588. The van der Waals surface area contributed by atoms with Crippen molar-refractivity contribution in [3.63, 3.8) is 0 Å². The van der Waals surface area contributed by atoms with Crippen molar-refractivity contribution < 1.29 is 4.42 Å². The fourth-order valence-corrected chi connectivity index (χ4v) is 3.16. The molecule has 8 heteroatoms. The van der Waals surface area contributed by atoms with E-state index in [2.05, 4.69) is 35.8 Å². The lowest BCUT2D eigenvalue weighted by molar-refractivity contribution is 0.410. The molecular formula is C19H19N7O. The van der Waals surface area contributed by atoms with Crippen LogP contribution in [0.1, 0.15) is 36.4 Å². The molecule has 27 heavy (non-hydrogen) atoms. The van der Waals surface area contributed by atoms with Gasteiger partial charge in [-0.3, -0.25) is 10.1 Å². The molecule has 0 atom stereocenters. The highest BCUT2D eigenvalue weighted by atomic mass is 16.3. The van der Waals surface area contributed by atoms with E-state index in [1.54, 1.807) is 12.5 Å². The highest BCUT2D eigenvalue weighted by Gasteiger charge is 2.22. The number of nitrogens with one attached hydrogen (secondary N) is 3. The van der Waals surface area contributed by atoms with Gasteiger partial charge in [-0.25, -0.2) is 4.98 Å². The van der Waals surface area contributed by atoms with E-state index >= 15 is 0 Å². The molecule has 0 spiro atoms. The SMILES string of the molecule is c1cncc(CNc2nc(Nc3cc(C4CCC4)[nH]n3)c3occc3n2)c1. The predicted octanol–water partition coefficient (Wildman–Crippen LogP) is 3.96. The predicted molar refractivity (Wildman–Crippen MR) is 102 cm³/mol. The summed E-state index contributed by atoms with van der Waals surface area (Å²) in [5.41, 5.74) is 3.56. The van der Waals surface area contributed by atoms with Crippen LogP contribution in [0, 0.1) is 0 Å². The molecule has 0 bridgehead atoms. The van der Waals surface area contributed by atoms with Gasteiger partial charge in [0.05, 0.1) is 6.26 Å². The van der Waals surface area contributed by atoms with E-state index in [0.717, 1.165) is 16.9 Å². The molecule has 4 aromatic heterocycles. The van der Waals surface area contributed by atoms with E-state index in [-0.39, 0.29) is 0 Å². The summed E-state index contributed by atoms with van der Waals surface area (Å²) in [6.07, 6.45) is 8.91. The van der Waals surface area contributed by atoms with E-state index in [1.807, 2.05) is 30.5 Å². The van der Waals surface area contributed by atoms with Crippen molar-refractivity contribution in [3.05, 3.63) is 54.2 Å². The first kappa shape index (κ1) is 15.8. The zero-order valence-corrected chi connectivity index (χ0v) is 14.6.